The van der Waals surface area contributed by atoms with Crippen molar-refractivity contribution in [1.29, 1.82) is 0 Å². The SMILES string of the molecule is c1ccc(COc2ccccc2CN2CCOC3(CCOC3)C2)nc1. The molecule has 1 spiro atoms. The maximum Gasteiger partial charge on any atom is 0.130 e. The lowest BCUT2D eigenvalue weighted by molar-refractivity contribution is -0.111. The second-order valence-corrected chi connectivity index (χ2v) is 6.76. The van der Waals surface area contributed by atoms with Gasteiger partial charge in [-0.05, 0) is 18.2 Å². The molecule has 1 aromatic heterocycles. The van der Waals surface area contributed by atoms with E-state index < -0.39 is 0 Å². The lowest BCUT2D eigenvalue weighted by atomic mass is 10.0. The fraction of sp³-hybridized carbons (Fsp3) is 0.450. The van der Waals surface area contributed by atoms with E-state index in [2.05, 4.69) is 22.0 Å². The van der Waals surface area contributed by atoms with Crippen LogP contribution in [0.25, 0.3) is 0 Å². The molecule has 0 radical (unpaired) electrons. The van der Waals surface area contributed by atoms with Crippen molar-refractivity contribution in [2.24, 2.45) is 0 Å². The summed E-state index contributed by atoms with van der Waals surface area (Å²) in [5.74, 6) is 0.927. The molecule has 2 aliphatic rings. The van der Waals surface area contributed by atoms with E-state index in [9.17, 15) is 0 Å². The zero-order chi connectivity index (χ0) is 17.0. The van der Waals surface area contributed by atoms with Crippen LogP contribution in [0.1, 0.15) is 17.7 Å². The molecule has 0 aliphatic carbocycles. The molecular formula is C20H24N2O3. The highest BCUT2D eigenvalue weighted by Crippen LogP contribution is 2.29. The zero-order valence-electron chi connectivity index (χ0n) is 14.4. The topological polar surface area (TPSA) is 43.8 Å². The van der Waals surface area contributed by atoms with Gasteiger partial charge < -0.3 is 14.2 Å². The third-order valence-electron chi connectivity index (χ3n) is 4.86. The lowest BCUT2D eigenvalue weighted by Gasteiger charge is -2.39. The van der Waals surface area contributed by atoms with Crippen LogP contribution in [0.3, 0.4) is 0 Å². The van der Waals surface area contributed by atoms with Crippen molar-refractivity contribution in [2.45, 2.75) is 25.2 Å². The van der Waals surface area contributed by atoms with Gasteiger partial charge in [0.15, 0.2) is 0 Å². The molecular weight excluding hydrogens is 316 g/mol. The normalized spacial score (nSPS) is 23.8. The Bertz CT molecular complexity index is 686. The minimum Gasteiger partial charge on any atom is -0.487 e. The average molecular weight is 340 g/mol. The molecule has 2 saturated heterocycles. The molecule has 1 aromatic carbocycles. The largest absolute Gasteiger partial charge is 0.487 e. The molecule has 0 bridgehead atoms. The van der Waals surface area contributed by atoms with E-state index in [0.29, 0.717) is 13.2 Å². The molecule has 1 atom stereocenters. The Hall–Kier alpha value is -1.95. The van der Waals surface area contributed by atoms with Crippen LogP contribution in [0.2, 0.25) is 0 Å². The third-order valence-corrected chi connectivity index (χ3v) is 4.86. The summed E-state index contributed by atoms with van der Waals surface area (Å²) in [5, 5.41) is 0. The van der Waals surface area contributed by atoms with E-state index >= 15 is 0 Å². The minimum absolute atomic E-state index is 0.109. The van der Waals surface area contributed by atoms with Gasteiger partial charge in [-0.15, -0.1) is 0 Å². The summed E-state index contributed by atoms with van der Waals surface area (Å²) < 4.78 is 17.6. The van der Waals surface area contributed by atoms with Crippen molar-refractivity contribution < 1.29 is 14.2 Å². The molecule has 2 aliphatic heterocycles. The Morgan fingerprint density at radius 1 is 1.12 bits per heavy atom. The van der Waals surface area contributed by atoms with Crippen LogP contribution in [-0.2, 0) is 22.6 Å². The number of hydrogen-bond acceptors (Lipinski definition) is 5. The Balaban J connectivity index is 1.42. The van der Waals surface area contributed by atoms with Crippen LogP contribution < -0.4 is 4.74 Å². The predicted molar refractivity (Wildman–Crippen MR) is 94.4 cm³/mol. The second-order valence-electron chi connectivity index (χ2n) is 6.76. The number of hydrogen-bond donors (Lipinski definition) is 0. The van der Waals surface area contributed by atoms with Crippen molar-refractivity contribution in [3.63, 3.8) is 0 Å². The number of para-hydroxylation sites is 1. The highest BCUT2D eigenvalue weighted by molar-refractivity contribution is 5.33. The highest BCUT2D eigenvalue weighted by atomic mass is 16.6. The number of pyridine rings is 1. The number of aromatic nitrogens is 1. The molecule has 3 heterocycles. The van der Waals surface area contributed by atoms with Gasteiger partial charge in [0.1, 0.15) is 18.0 Å². The van der Waals surface area contributed by atoms with Crippen molar-refractivity contribution >= 4 is 0 Å². The molecule has 2 fully saturated rings. The summed E-state index contributed by atoms with van der Waals surface area (Å²) in [6.45, 7) is 5.49. The Labute approximate surface area is 148 Å². The molecule has 0 N–H and O–H groups in total. The summed E-state index contributed by atoms with van der Waals surface area (Å²) >= 11 is 0. The zero-order valence-corrected chi connectivity index (χ0v) is 14.4. The highest BCUT2D eigenvalue weighted by Gasteiger charge is 2.40. The van der Waals surface area contributed by atoms with Gasteiger partial charge in [-0.1, -0.05) is 24.3 Å². The van der Waals surface area contributed by atoms with E-state index in [-0.39, 0.29) is 5.60 Å². The Morgan fingerprint density at radius 2 is 2.04 bits per heavy atom. The smallest absolute Gasteiger partial charge is 0.130 e. The van der Waals surface area contributed by atoms with Gasteiger partial charge in [0.25, 0.3) is 0 Å². The molecule has 0 amide bonds. The van der Waals surface area contributed by atoms with Crippen molar-refractivity contribution in [1.82, 2.24) is 9.88 Å². The molecule has 25 heavy (non-hydrogen) atoms. The lowest BCUT2D eigenvalue weighted by Crippen LogP contribution is -2.51. The first-order valence-electron chi connectivity index (χ1n) is 8.88. The van der Waals surface area contributed by atoms with Gasteiger partial charge in [-0.2, -0.15) is 0 Å². The monoisotopic (exact) mass is 340 g/mol. The summed E-state index contributed by atoms with van der Waals surface area (Å²) in [4.78, 5) is 6.77. The number of benzene rings is 1. The molecule has 0 saturated carbocycles. The van der Waals surface area contributed by atoms with Crippen LogP contribution in [-0.4, -0.2) is 48.4 Å². The van der Waals surface area contributed by atoms with Crippen LogP contribution >= 0.6 is 0 Å². The summed E-state index contributed by atoms with van der Waals surface area (Å²) in [6, 6.07) is 14.1. The summed E-state index contributed by atoms with van der Waals surface area (Å²) in [7, 11) is 0. The van der Waals surface area contributed by atoms with E-state index in [1.54, 1.807) is 6.20 Å². The van der Waals surface area contributed by atoms with Crippen LogP contribution in [0.4, 0.5) is 0 Å². The van der Waals surface area contributed by atoms with Crippen LogP contribution in [0.15, 0.2) is 48.7 Å². The van der Waals surface area contributed by atoms with Crippen molar-refractivity contribution in [2.75, 3.05) is 32.9 Å². The summed E-state index contributed by atoms with van der Waals surface area (Å²) in [5.41, 5.74) is 2.03. The Kier molecular flexibility index (Phi) is 4.97. The third kappa shape index (κ3) is 4.00. The average Bonchev–Trinajstić information content (AvgIpc) is 3.09. The standard InChI is InChI=1S/C20H24N2O3/c1-2-7-19(24-14-18-6-3-4-9-21-18)17(5-1)13-22-10-12-25-20(15-22)8-11-23-16-20/h1-7,9H,8,10-16H2. The van der Waals surface area contributed by atoms with Crippen molar-refractivity contribution in [3.05, 3.63) is 59.9 Å². The van der Waals surface area contributed by atoms with Crippen molar-refractivity contribution in [3.8, 4) is 5.75 Å². The number of rotatable bonds is 5. The molecule has 1 unspecified atom stereocenters. The van der Waals surface area contributed by atoms with Gasteiger partial charge in [0.05, 0.1) is 18.9 Å². The number of morpholine rings is 1. The van der Waals surface area contributed by atoms with Gasteiger partial charge >= 0.3 is 0 Å². The maximum absolute atomic E-state index is 6.04. The molecule has 2 aromatic rings. The van der Waals surface area contributed by atoms with Gasteiger partial charge in [-0.25, -0.2) is 0 Å². The first-order valence-corrected chi connectivity index (χ1v) is 8.88. The fourth-order valence-corrected chi connectivity index (χ4v) is 3.54. The minimum atomic E-state index is -0.109. The maximum atomic E-state index is 6.04. The molecule has 4 rings (SSSR count). The van der Waals surface area contributed by atoms with E-state index in [4.69, 9.17) is 14.2 Å². The molecule has 132 valence electrons. The molecule has 5 heteroatoms. The van der Waals surface area contributed by atoms with Crippen LogP contribution in [0.5, 0.6) is 5.75 Å². The van der Waals surface area contributed by atoms with E-state index in [1.165, 1.54) is 5.56 Å². The quantitative estimate of drug-likeness (QED) is 0.837. The van der Waals surface area contributed by atoms with Gasteiger partial charge in [0, 0.05) is 44.4 Å². The Morgan fingerprint density at radius 3 is 2.88 bits per heavy atom. The summed E-state index contributed by atoms with van der Waals surface area (Å²) in [6.07, 6.45) is 2.78. The van der Waals surface area contributed by atoms with Gasteiger partial charge in [-0.3, -0.25) is 9.88 Å². The van der Waals surface area contributed by atoms with Gasteiger partial charge in [0.2, 0.25) is 0 Å². The molecule has 5 nitrogen and oxygen atoms in total. The fourth-order valence-electron chi connectivity index (χ4n) is 3.54. The van der Waals surface area contributed by atoms with E-state index in [0.717, 1.165) is 50.7 Å². The van der Waals surface area contributed by atoms with Crippen LogP contribution in [0, 0.1) is 0 Å². The first kappa shape index (κ1) is 16.5. The van der Waals surface area contributed by atoms with E-state index in [1.807, 2.05) is 30.3 Å². The first-order chi connectivity index (χ1) is 12.3. The number of nitrogens with zero attached hydrogens (tertiary/aromatic N) is 2. The second kappa shape index (κ2) is 7.52. The number of ether oxygens (including phenoxy) is 3. The predicted octanol–water partition coefficient (Wildman–Crippen LogP) is 2.65.